The number of nitrogens with zero attached hydrogens (tertiary/aromatic N) is 2. The maximum Gasteiger partial charge on any atom is 0.310 e. The van der Waals surface area contributed by atoms with Gasteiger partial charge in [0.15, 0.2) is 0 Å². The van der Waals surface area contributed by atoms with Gasteiger partial charge in [-0.05, 0) is 37.8 Å². The van der Waals surface area contributed by atoms with Crippen molar-refractivity contribution < 1.29 is 10.0 Å². The molecule has 1 N–H and O–H groups in total. The molecule has 1 aromatic carbocycles. The molecule has 1 fully saturated rings. The first kappa shape index (κ1) is 14.1. The maximum atomic E-state index is 11.2. The summed E-state index contributed by atoms with van der Waals surface area (Å²) in [5.41, 5.74) is 0.532. The van der Waals surface area contributed by atoms with E-state index in [1.54, 1.807) is 12.1 Å². The van der Waals surface area contributed by atoms with E-state index in [9.17, 15) is 10.1 Å². The fourth-order valence-electron chi connectivity index (χ4n) is 2.36. The van der Waals surface area contributed by atoms with Gasteiger partial charge < -0.3 is 10.0 Å². The zero-order valence-corrected chi connectivity index (χ0v) is 11.3. The van der Waals surface area contributed by atoms with Crippen LogP contribution < -0.4 is 4.90 Å². The molecule has 0 atom stereocenters. The highest BCUT2D eigenvalue weighted by Gasteiger charge is 2.30. The molecule has 0 unspecified atom stereocenters. The van der Waals surface area contributed by atoms with E-state index in [2.05, 4.69) is 0 Å². The third kappa shape index (κ3) is 2.98. The van der Waals surface area contributed by atoms with Gasteiger partial charge in [0.1, 0.15) is 10.7 Å². The number of aliphatic hydroxyl groups excluding tert-OH is 1. The van der Waals surface area contributed by atoms with Gasteiger partial charge in [0, 0.05) is 19.2 Å². The molecule has 0 spiro atoms. The zero-order valence-electron chi connectivity index (χ0n) is 10.6. The Morgan fingerprint density at radius 1 is 1.47 bits per heavy atom. The highest BCUT2D eigenvalue weighted by atomic mass is 35.5. The van der Waals surface area contributed by atoms with Crippen molar-refractivity contribution in [2.45, 2.75) is 31.7 Å². The van der Waals surface area contributed by atoms with Crippen LogP contribution in [0.1, 0.15) is 25.7 Å². The van der Waals surface area contributed by atoms with Crippen molar-refractivity contribution in [3.05, 3.63) is 33.3 Å². The van der Waals surface area contributed by atoms with Crippen LogP contribution in [0.25, 0.3) is 0 Å². The normalized spacial score (nSPS) is 15.1. The van der Waals surface area contributed by atoms with Crippen LogP contribution in [-0.2, 0) is 0 Å². The predicted molar refractivity (Wildman–Crippen MR) is 74.8 cm³/mol. The van der Waals surface area contributed by atoms with Crippen molar-refractivity contribution in [2.24, 2.45) is 0 Å². The lowest BCUT2D eigenvalue weighted by molar-refractivity contribution is -0.384. The van der Waals surface area contributed by atoms with Gasteiger partial charge in [0.2, 0.25) is 0 Å². The van der Waals surface area contributed by atoms with Gasteiger partial charge in [-0.25, -0.2) is 0 Å². The van der Waals surface area contributed by atoms with E-state index in [0.717, 1.165) is 19.3 Å². The van der Waals surface area contributed by atoms with Gasteiger partial charge in [-0.1, -0.05) is 17.7 Å². The molecule has 0 radical (unpaired) electrons. The molecule has 19 heavy (non-hydrogen) atoms. The van der Waals surface area contributed by atoms with Crippen molar-refractivity contribution in [1.29, 1.82) is 0 Å². The third-order valence-corrected chi connectivity index (χ3v) is 3.84. The molecule has 1 aliphatic carbocycles. The summed E-state index contributed by atoms with van der Waals surface area (Å²) >= 11 is 5.95. The number of hydrogen-bond acceptors (Lipinski definition) is 4. The minimum atomic E-state index is -0.428. The zero-order chi connectivity index (χ0) is 13.8. The van der Waals surface area contributed by atoms with E-state index < -0.39 is 4.92 Å². The fourth-order valence-corrected chi connectivity index (χ4v) is 2.59. The van der Waals surface area contributed by atoms with Gasteiger partial charge in [-0.15, -0.1) is 0 Å². The molecule has 6 heteroatoms. The van der Waals surface area contributed by atoms with Crippen LogP contribution in [0.15, 0.2) is 18.2 Å². The lowest BCUT2D eigenvalue weighted by atomic mass is 9.90. The van der Waals surface area contributed by atoms with E-state index in [-0.39, 0.29) is 17.3 Å². The largest absolute Gasteiger partial charge is 0.396 e. The topological polar surface area (TPSA) is 66.6 Å². The van der Waals surface area contributed by atoms with Gasteiger partial charge in [0.25, 0.3) is 0 Å². The van der Waals surface area contributed by atoms with Crippen LogP contribution >= 0.6 is 11.6 Å². The summed E-state index contributed by atoms with van der Waals surface area (Å²) in [4.78, 5) is 12.8. The molecule has 0 aliphatic heterocycles. The second-order valence-electron chi connectivity index (χ2n) is 4.72. The summed E-state index contributed by atoms with van der Waals surface area (Å²) in [6.45, 7) is 0.694. The Hall–Kier alpha value is -1.33. The van der Waals surface area contributed by atoms with Crippen molar-refractivity contribution in [1.82, 2.24) is 0 Å². The Morgan fingerprint density at radius 2 is 2.21 bits per heavy atom. The van der Waals surface area contributed by atoms with Crippen molar-refractivity contribution in [2.75, 3.05) is 18.1 Å². The van der Waals surface area contributed by atoms with Gasteiger partial charge in [-0.2, -0.15) is 0 Å². The van der Waals surface area contributed by atoms with Gasteiger partial charge in [0.05, 0.1) is 4.92 Å². The monoisotopic (exact) mass is 284 g/mol. The van der Waals surface area contributed by atoms with E-state index in [4.69, 9.17) is 16.7 Å². The molecule has 1 saturated carbocycles. The summed E-state index contributed by atoms with van der Waals surface area (Å²) in [5, 5.41) is 20.3. The Kier molecular flexibility index (Phi) is 4.61. The van der Waals surface area contributed by atoms with E-state index in [1.165, 1.54) is 6.07 Å². The molecular weight excluding hydrogens is 268 g/mol. The van der Waals surface area contributed by atoms with Crippen molar-refractivity contribution in [3.8, 4) is 0 Å². The predicted octanol–water partition coefficient (Wildman–Crippen LogP) is 2.99. The van der Waals surface area contributed by atoms with Crippen LogP contribution in [0.3, 0.4) is 0 Å². The molecule has 0 aromatic heterocycles. The molecule has 5 nitrogen and oxygen atoms in total. The van der Waals surface area contributed by atoms with Crippen LogP contribution in [0, 0.1) is 10.1 Å². The van der Waals surface area contributed by atoms with Crippen molar-refractivity contribution >= 4 is 23.0 Å². The summed E-state index contributed by atoms with van der Waals surface area (Å²) in [7, 11) is 0. The van der Waals surface area contributed by atoms with Gasteiger partial charge >= 0.3 is 5.69 Å². The number of halogens is 1. The third-order valence-electron chi connectivity index (χ3n) is 3.53. The SMILES string of the molecule is O=[N+]([O-])c1c(Cl)cccc1N(CCCO)C1CCC1. The maximum absolute atomic E-state index is 11.2. The van der Waals surface area contributed by atoms with Gasteiger partial charge in [-0.3, -0.25) is 10.1 Å². The first-order valence-corrected chi connectivity index (χ1v) is 6.83. The summed E-state index contributed by atoms with van der Waals surface area (Å²) in [5.74, 6) is 0. The minimum Gasteiger partial charge on any atom is -0.396 e. The van der Waals surface area contributed by atoms with Crippen LogP contribution in [0.5, 0.6) is 0 Å². The quantitative estimate of drug-likeness (QED) is 0.644. The summed E-state index contributed by atoms with van der Waals surface area (Å²) < 4.78 is 0. The van der Waals surface area contributed by atoms with Crippen LogP contribution in [0.2, 0.25) is 5.02 Å². The van der Waals surface area contributed by atoms with Crippen LogP contribution in [-0.4, -0.2) is 29.2 Å². The Labute approximate surface area is 116 Å². The number of nitro benzene ring substituents is 1. The number of benzene rings is 1. The lowest BCUT2D eigenvalue weighted by Gasteiger charge is -2.39. The second kappa shape index (κ2) is 6.21. The smallest absolute Gasteiger partial charge is 0.310 e. The second-order valence-corrected chi connectivity index (χ2v) is 5.13. The Balaban J connectivity index is 2.34. The Morgan fingerprint density at radius 3 is 2.74 bits per heavy atom. The number of hydrogen-bond donors (Lipinski definition) is 1. The highest BCUT2D eigenvalue weighted by Crippen LogP contribution is 2.39. The fraction of sp³-hybridized carbons (Fsp3) is 0.538. The van der Waals surface area contributed by atoms with E-state index in [1.807, 2.05) is 4.90 Å². The number of anilines is 1. The first-order chi connectivity index (χ1) is 9.15. The number of nitro groups is 1. The molecule has 2 rings (SSSR count). The lowest BCUT2D eigenvalue weighted by Crippen LogP contribution is -2.41. The number of rotatable bonds is 6. The molecule has 1 aliphatic rings. The van der Waals surface area contributed by atoms with Crippen molar-refractivity contribution in [3.63, 3.8) is 0 Å². The van der Waals surface area contributed by atoms with Crippen LogP contribution in [0.4, 0.5) is 11.4 Å². The molecule has 1 aromatic rings. The summed E-state index contributed by atoms with van der Waals surface area (Å²) in [6, 6.07) is 5.33. The first-order valence-electron chi connectivity index (χ1n) is 6.45. The number of para-hydroxylation sites is 1. The highest BCUT2D eigenvalue weighted by molar-refractivity contribution is 6.33. The minimum absolute atomic E-state index is 0.0333. The molecule has 0 heterocycles. The average molecular weight is 285 g/mol. The standard InChI is InChI=1S/C13H17ClN2O3/c14-11-6-2-7-12(13(11)16(18)19)15(8-3-9-17)10-4-1-5-10/h2,6-7,10,17H,1,3-5,8-9H2. The summed E-state index contributed by atoms with van der Waals surface area (Å²) in [6.07, 6.45) is 3.82. The molecule has 0 saturated heterocycles. The number of aliphatic hydroxyl groups is 1. The molecule has 0 bridgehead atoms. The molecule has 0 amide bonds. The average Bonchev–Trinajstić information content (AvgIpc) is 2.31. The van der Waals surface area contributed by atoms with E-state index >= 15 is 0 Å². The van der Waals surface area contributed by atoms with E-state index in [0.29, 0.717) is 24.7 Å². The molecule has 104 valence electrons. The molecular formula is C13H17ClN2O3. The Bertz CT molecular complexity index is 463.